The molecule has 12 heavy (non-hydrogen) atoms. The van der Waals surface area contributed by atoms with Crippen molar-refractivity contribution < 1.29 is 4.79 Å². The molecule has 1 nitrogen and oxygen atoms in total. The van der Waals surface area contributed by atoms with Gasteiger partial charge in [-0.15, -0.1) is 0 Å². The second-order valence-corrected chi connectivity index (χ2v) is 3.00. The van der Waals surface area contributed by atoms with Gasteiger partial charge in [0.25, 0.3) is 5.24 Å². The van der Waals surface area contributed by atoms with Crippen molar-refractivity contribution in [1.29, 1.82) is 0 Å². The van der Waals surface area contributed by atoms with E-state index >= 15 is 0 Å². The first-order valence-electron chi connectivity index (χ1n) is 3.08. The summed E-state index contributed by atoms with van der Waals surface area (Å²) in [6.45, 7) is 5.07. The van der Waals surface area contributed by atoms with Crippen LogP contribution in [0.15, 0.2) is 34.4 Å². The molecule has 0 bridgehead atoms. The van der Waals surface area contributed by atoms with Crippen molar-refractivity contribution in [3.05, 3.63) is 34.4 Å². The molecule has 4 heteroatoms. The lowest BCUT2D eigenvalue weighted by Crippen LogP contribution is -1.95. The van der Waals surface area contributed by atoms with Crippen LogP contribution in [-0.2, 0) is 4.79 Å². The average Bonchev–Trinajstić information content (AvgIpc) is 2.03. The quantitative estimate of drug-likeness (QED) is 0.408. The van der Waals surface area contributed by atoms with Crippen LogP contribution in [-0.4, -0.2) is 5.24 Å². The third-order valence-corrected chi connectivity index (χ3v) is 2.05. The maximum absolute atomic E-state index is 10.8. The SMILES string of the molecule is C=C/C(Cl)=C(C(=O)Cl)\C(Cl)=C/C. The van der Waals surface area contributed by atoms with Crippen LogP contribution in [0.2, 0.25) is 0 Å². The maximum Gasteiger partial charge on any atom is 0.255 e. The number of carbonyl (C=O) groups is 1. The zero-order chi connectivity index (χ0) is 9.72. The van der Waals surface area contributed by atoms with Gasteiger partial charge in [-0.25, -0.2) is 0 Å². The van der Waals surface area contributed by atoms with E-state index in [2.05, 4.69) is 6.58 Å². The van der Waals surface area contributed by atoms with Crippen molar-refractivity contribution in [3.8, 4) is 0 Å². The Labute approximate surface area is 86.3 Å². The molecule has 0 unspecified atom stereocenters. The fourth-order valence-corrected chi connectivity index (χ4v) is 1.27. The van der Waals surface area contributed by atoms with E-state index in [4.69, 9.17) is 34.8 Å². The first-order valence-corrected chi connectivity index (χ1v) is 4.22. The summed E-state index contributed by atoms with van der Waals surface area (Å²) >= 11 is 16.5. The van der Waals surface area contributed by atoms with Crippen LogP contribution in [0.4, 0.5) is 0 Å². The maximum atomic E-state index is 10.8. The fourth-order valence-electron chi connectivity index (χ4n) is 0.548. The Hall–Kier alpha value is -0.240. The summed E-state index contributed by atoms with van der Waals surface area (Å²) in [5, 5.41) is -0.319. The molecule has 0 saturated carbocycles. The van der Waals surface area contributed by atoms with Crippen LogP contribution in [0.25, 0.3) is 0 Å². The highest BCUT2D eigenvalue weighted by Crippen LogP contribution is 2.24. The molecular formula is C8H7Cl3O. The number of hydrogen-bond acceptors (Lipinski definition) is 1. The van der Waals surface area contributed by atoms with Gasteiger partial charge in [0, 0.05) is 5.03 Å². The Morgan fingerprint density at radius 3 is 2.08 bits per heavy atom. The van der Waals surface area contributed by atoms with E-state index in [1.807, 2.05) is 0 Å². The molecule has 0 aliphatic heterocycles. The highest BCUT2D eigenvalue weighted by atomic mass is 35.5. The van der Waals surface area contributed by atoms with Gasteiger partial charge >= 0.3 is 0 Å². The first kappa shape index (κ1) is 11.8. The van der Waals surface area contributed by atoms with Crippen molar-refractivity contribution in [1.82, 2.24) is 0 Å². The molecule has 0 aliphatic carbocycles. The molecule has 0 atom stereocenters. The summed E-state index contributed by atoms with van der Waals surface area (Å²) in [6.07, 6.45) is 2.84. The number of halogens is 3. The van der Waals surface area contributed by atoms with Crippen LogP contribution < -0.4 is 0 Å². The van der Waals surface area contributed by atoms with E-state index in [-0.39, 0.29) is 15.6 Å². The molecule has 0 fully saturated rings. The van der Waals surface area contributed by atoms with E-state index in [9.17, 15) is 4.79 Å². The molecule has 0 rings (SSSR count). The summed E-state index contributed by atoms with van der Waals surface area (Å²) in [6, 6.07) is 0. The van der Waals surface area contributed by atoms with Gasteiger partial charge in [0.05, 0.1) is 10.6 Å². The zero-order valence-corrected chi connectivity index (χ0v) is 8.67. The van der Waals surface area contributed by atoms with E-state index in [0.29, 0.717) is 0 Å². The summed E-state index contributed by atoms with van der Waals surface area (Å²) in [5.74, 6) is 0. The molecule has 0 spiro atoms. The number of allylic oxidation sites excluding steroid dienone is 5. The minimum Gasteiger partial charge on any atom is -0.275 e. The second-order valence-electron chi connectivity index (χ2n) is 1.84. The summed E-state index contributed by atoms with van der Waals surface area (Å²) in [5.41, 5.74) is 0.0810. The largest absolute Gasteiger partial charge is 0.275 e. The molecule has 0 amide bonds. The summed E-state index contributed by atoms with van der Waals surface area (Å²) in [7, 11) is 0. The van der Waals surface area contributed by atoms with Crippen LogP contribution in [0.1, 0.15) is 6.92 Å². The van der Waals surface area contributed by atoms with Crippen molar-refractivity contribution in [3.63, 3.8) is 0 Å². The zero-order valence-electron chi connectivity index (χ0n) is 6.40. The smallest absolute Gasteiger partial charge is 0.255 e. The lowest BCUT2D eigenvalue weighted by Gasteiger charge is -2.00. The Bertz CT molecular complexity index is 263. The van der Waals surface area contributed by atoms with Crippen molar-refractivity contribution >= 4 is 40.0 Å². The van der Waals surface area contributed by atoms with E-state index < -0.39 is 5.24 Å². The molecule has 0 aliphatic rings. The van der Waals surface area contributed by atoms with E-state index in [1.165, 1.54) is 12.2 Å². The van der Waals surface area contributed by atoms with Gasteiger partial charge in [-0.3, -0.25) is 4.79 Å². The molecule has 0 aromatic rings. The minimum absolute atomic E-state index is 0.0810. The van der Waals surface area contributed by atoms with Crippen LogP contribution in [0.5, 0.6) is 0 Å². The summed E-state index contributed by atoms with van der Waals surface area (Å²) < 4.78 is 0. The van der Waals surface area contributed by atoms with Crippen LogP contribution >= 0.6 is 34.8 Å². The van der Waals surface area contributed by atoms with Crippen molar-refractivity contribution in [2.45, 2.75) is 6.92 Å². The standard InChI is InChI=1S/C8H7Cl3O/c1-3-5(9)7(8(11)12)6(10)4-2/h3-4H,1H2,2H3/b6-4+,7-5-. The van der Waals surface area contributed by atoms with Crippen molar-refractivity contribution in [2.24, 2.45) is 0 Å². The second kappa shape index (κ2) is 5.41. The number of hydrogen-bond donors (Lipinski definition) is 0. The number of rotatable bonds is 3. The van der Waals surface area contributed by atoms with E-state index in [0.717, 1.165) is 0 Å². The highest BCUT2D eigenvalue weighted by molar-refractivity contribution is 6.70. The molecule has 66 valence electrons. The van der Waals surface area contributed by atoms with Gasteiger partial charge in [0.1, 0.15) is 0 Å². The highest BCUT2D eigenvalue weighted by Gasteiger charge is 2.12. The van der Waals surface area contributed by atoms with Crippen LogP contribution in [0.3, 0.4) is 0 Å². The Kier molecular flexibility index (Phi) is 5.31. The normalized spacial score (nSPS) is 13.8. The van der Waals surface area contributed by atoms with Gasteiger partial charge in [-0.2, -0.15) is 0 Å². The first-order chi connectivity index (χ1) is 5.54. The van der Waals surface area contributed by atoms with Gasteiger partial charge < -0.3 is 0 Å². The fraction of sp³-hybridized carbons (Fsp3) is 0.125. The molecule has 0 saturated heterocycles. The minimum atomic E-state index is -0.692. The molecule has 0 heterocycles. The molecule has 0 N–H and O–H groups in total. The van der Waals surface area contributed by atoms with Crippen molar-refractivity contribution in [2.75, 3.05) is 0 Å². The van der Waals surface area contributed by atoms with Crippen LogP contribution in [0, 0.1) is 0 Å². The lowest BCUT2D eigenvalue weighted by molar-refractivity contribution is -0.108. The molecule has 0 aromatic carbocycles. The Morgan fingerprint density at radius 2 is 1.83 bits per heavy atom. The predicted molar refractivity (Wildman–Crippen MR) is 53.5 cm³/mol. The monoisotopic (exact) mass is 224 g/mol. The van der Waals surface area contributed by atoms with E-state index in [1.54, 1.807) is 6.92 Å². The average molecular weight is 226 g/mol. The third-order valence-electron chi connectivity index (χ3n) is 1.11. The predicted octanol–water partition coefficient (Wildman–Crippen LogP) is 3.57. The van der Waals surface area contributed by atoms with Gasteiger partial charge in [0.2, 0.25) is 0 Å². The van der Waals surface area contributed by atoms with Gasteiger partial charge in [-0.1, -0.05) is 35.9 Å². The Balaban J connectivity index is 5.19. The third kappa shape index (κ3) is 3.02. The molecule has 0 radical (unpaired) electrons. The Morgan fingerprint density at radius 1 is 1.33 bits per heavy atom. The van der Waals surface area contributed by atoms with Gasteiger partial charge in [0.15, 0.2) is 0 Å². The lowest BCUT2D eigenvalue weighted by atomic mass is 10.2. The van der Waals surface area contributed by atoms with Gasteiger partial charge in [-0.05, 0) is 24.6 Å². The molecular weight excluding hydrogens is 218 g/mol. The topological polar surface area (TPSA) is 17.1 Å². The molecule has 0 aromatic heterocycles. The summed E-state index contributed by atoms with van der Waals surface area (Å²) in [4.78, 5) is 10.8. The number of carbonyl (C=O) groups excluding carboxylic acids is 1.